The van der Waals surface area contributed by atoms with Crippen LogP contribution in [0.5, 0.6) is 0 Å². The van der Waals surface area contributed by atoms with Crippen molar-refractivity contribution in [3.8, 4) is 0 Å². The van der Waals surface area contributed by atoms with Crippen molar-refractivity contribution in [1.29, 1.82) is 0 Å². The van der Waals surface area contributed by atoms with E-state index in [-0.39, 0.29) is 22.0 Å². The first kappa shape index (κ1) is 17.6. The second-order valence-corrected chi connectivity index (χ2v) is 6.51. The monoisotopic (exact) mass is 321 g/mol. The molecule has 0 aliphatic heterocycles. The zero-order valence-electron chi connectivity index (χ0n) is 12.3. The second kappa shape index (κ2) is 6.14. The molecular weight excluding hydrogens is 302 g/mol. The normalized spacial score (nSPS) is 12.5. The van der Waals surface area contributed by atoms with Crippen LogP contribution in [0.25, 0.3) is 0 Å². The molecule has 1 aromatic heterocycles. The van der Waals surface area contributed by atoms with Gasteiger partial charge in [0.2, 0.25) is 10.0 Å². The largest absolute Gasteiger partial charge is 0.465 e. The first-order chi connectivity index (χ1) is 9.61. The molecule has 3 N–H and O–H groups in total. The summed E-state index contributed by atoms with van der Waals surface area (Å²) < 4.78 is 36.8. The summed E-state index contributed by atoms with van der Waals surface area (Å²) >= 11 is 0. The molecule has 0 radical (unpaired) electrons. The summed E-state index contributed by atoms with van der Waals surface area (Å²) in [5.41, 5.74) is -1.68. The van der Waals surface area contributed by atoms with Crippen molar-refractivity contribution in [3.63, 3.8) is 0 Å². The lowest BCUT2D eigenvalue weighted by atomic mass is 10.1. The molecule has 0 spiro atoms. The summed E-state index contributed by atoms with van der Waals surface area (Å²) in [7, 11) is -3.08. The molecule has 1 aromatic rings. The topological polar surface area (TPSA) is 126 Å². The number of sulfonamides is 1. The number of ether oxygens (including phenoxy) is 1. The van der Waals surface area contributed by atoms with E-state index >= 15 is 0 Å². The maximum atomic E-state index is 12.4. The van der Waals surface area contributed by atoms with Gasteiger partial charge in [0.1, 0.15) is 22.0 Å². The van der Waals surface area contributed by atoms with Gasteiger partial charge in [0.05, 0.1) is 25.9 Å². The molecule has 0 aromatic carbocycles. The molecule has 0 saturated heterocycles. The second-order valence-electron chi connectivity index (χ2n) is 4.89. The van der Waals surface area contributed by atoms with Gasteiger partial charge in [-0.25, -0.2) is 17.9 Å². The first-order valence-corrected chi connectivity index (χ1v) is 7.54. The number of nitrogens with one attached hydrogen (secondary N) is 1. The van der Waals surface area contributed by atoms with E-state index in [4.69, 9.17) is 4.42 Å². The summed E-state index contributed by atoms with van der Waals surface area (Å²) in [6.45, 7) is 2.92. The number of hydrogen-bond donors (Lipinski definition) is 3. The van der Waals surface area contributed by atoms with Crippen molar-refractivity contribution in [1.82, 2.24) is 4.72 Å². The summed E-state index contributed by atoms with van der Waals surface area (Å²) in [6.07, 6.45) is 0. The van der Waals surface area contributed by atoms with Crippen LogP contribution in [0.2, 0.25) is 0 Å². The van der Waals surface area contributed by atoms with Crippen LogP contribution in [0.3, 0.4) is 0 Å². The number of furan rings is 1. The van der Waals surface area contributed by atoms with Gasteiger partial charge < -0.3 is 19.4 Å². The molecule has 0 saturated carbocycles. The number of carbonyl (C=O) groups is 1. The standard InChI is InChI=1S/C12H19NO7S/c1-7-9(11(16)19-4)10(8(2)20-7)21(17,18)13-12(3,5-14)6-15/h13-15H,5-6H2,1-4H3. The Morgan fingerprint density at radius 1 is 1.29 bits per heavy atom. The van der Waals surface area contributed by atoms with Gasteiger partial charge in [-0.3, -0.25) is 0 Å². The Morgan fingerprint density at radius 2 is 1.81 bits per heavy atom. The van der Waals surface area contributed by atoms with Crippen molar-refractivity contribution in [2.75, 3.05) is 20.3 Å². The molecule has 9 heteroatoms. The molecule has 1 heterocycles. The molecule has 1 rings (SSSR count). The molecule has 21 heavy (non-hydrogen) atoms. The Labute approximate surface area is 122 Å². The lowest BCUT2D eigenvalue weighted by Crippen LogP contribution is -2.51. The third-order valence-electron chi connectivity index (χ3n) is 2.94. The number of carbonyl (C=O) groups excluding carboxylic acids is 1. The number of rotatable bonds is 6. The van der Waals surface area contributed by atoms with Crippen molar-refractivity contribution in [2.24, 2.45) is 0 Å². The summed E-state index contributed by atoms with van der Waals surface area (Å²) in [5, 5.41) is 18.4. The number of aliphatic hydroxyl groups excluding tert-OH is 2. The molecule has 0 unspecified atom stereocenters. The fourth-order valence-electron chi connectivity index (χ4n) is 1.81. The minimum atomic E-state index is -4.20. The van der Waals surface area contributed by atoms with Gasteiger partial charge in [-0.2, -0.15) is 0 Å². The quantitative estimate of drug-likeness (QED) is 0.614. The van der Waals surface area contributed by atoms with Crippen molar-refractivity contribution < 1.29 is 32.6 Å². The van der Waals surface area contributed by atoms with Crippen LogP contribution in [0.1, 0.15) is 28.8 Å². The third-order valence-corrected chi connectivity index (χ3v) is 4.73. The van der Waals surface area contributed by atoms with Crippen LogP contribution in [-0.4, -0.2) is 50.5 Å². The number of methoxy groups -OCH3 is 1. The highest BCUT2D eigenvalue weighted by molar-refractivity contribution is 7.89. The van der Waals surface area contributed by atoms with E-state index in [9.17, 15) is 23.4 Å². The van der Waals surface area contributed by atoms with Crippen molar-refractivity contribution >= 4 is 16.0 Å². The number of aryl methyl sites for hydroxylation is 2. The van der Waals surface area contributed by atoms with Gasteiger partial charge >= 0.3 is 5.97 Å². The van der Waals surface area contributed by atoms with Crippen LogP contribution in [0.4, 0.5) is 0 Å². The van der Waals surface area contributed by atoms with E-state index in [0.717, 1.165) is 7.11 Å². The lowest BCUT2D eigenvalue weighted by molar-refractivity contribution is 0.0594. The molecule has 0 bridgehead atoms. The highest BCUT2D eigenvalue weighted by Crippen LogP contribution is 2.28. The molecule has 0 aliphatic rings. The van der Waals surface area contributed by atoms with Crippen LogP contribution in [-0.2, 0) is 14.8 Å². The van der Waals surface area contributed by atoms with Gasteiger partial charge in [-0.05, 0) is 20.8 Å². The molecular formula is C12H19NO7S. The summed E-state index contributed by atoms with van der Waals surface area (Å²) in [5.74, 6) is -0.729. The van der Waals surface area contributed by atoms with E-state index in [0.29, 0.717) is 0 Å². The molecule has 0 aliphatic carbocycles. The minimum absolute atomic E-state index is 0.0126. The SMILES string of the molecule is COC(=O)c1c(C)oc(C)c1S(=O)(=O)NC(C)(CO)CO. The third kappa shape index (κ3) is 3.43. The molecule has 0 amide bonds. The van der Waals surface area contributed by atoms with E-state index in [1.807, 2.05) is 0 Å². The van der Waals surface area contributed by atoms with Crippen molar-refractivity contribution in [2.45, 2.75) is 31.2 Å². The lowest BCUT2D eigenvalue weighted by Gasteiger charge is -2.25. The summed E-state index contributed by atoms with van der Waals surface area (Å²) in [4.78, 5) is 11.4. The van der Waals surface area contributed by atoms with Crippen molar-refractivity contribution in [3.05, 3.63) is 17.1 Å². The Morgan fingerprint density at radius 3 is 2.24 bits per heavy atom. The highest BCUT2D eigenvalue weighted by Gasteiger charge is 2.36. The van der Waals surface area contributed by atoms with E-state index in [1.54, 1.807) is 0 Å². The Hall–Kier alpha value is -1.42. The predicted octanol–water partition coefficient (Wildman–Crippen LogP) is -0.295. The fraction of sp³-hybridized carbons (Fsp3) is 0.583. The molecule has 0 fully saturated rings. The zero-order valence-corrected chi connectivity index (χ0v) is 13.1. The Kier molecular flexibility index (Phi) is 5.16. The Bertz CT molecular complexity index is 628. The van der Waals surface area contributed by atoms with Gasteiger partial charge in [-0.15, -0.1) is 0 Å². The number of aliphatic hydroxyl groups is 2. The van der Waals surface area contributed by atoms with Gasteiger partial charge in [-0.1, -0.05) is 0 Å². The van der Waals surface area contributed by atoms with E-state index < -0.39 is 34.7 Å². The fourth-order valence-corrected chi connectivity index (χ4v) is 3.61. The minimum Gasteiger partial charge on any atom is -0.465 e. The van der Waals surface area contributed by atoms with Crippen LogP contribution < -0.4 is 4.72 Å². The maximum absolute atomic E-state index is 12.4. The zero-order chi connectivity index (χ0) is 16.4. The number of esters is 1. The smallest absolute Gasteiger partial charge is 0.342 e. The van der Waals surface area contributed by atoms with Gasteiger partial charge in [0, 0.05) is 0 Å². The average molecular weight is 321 g/mol. The van der Waals surface area contributed by atoms with Crippen LogP contribution in [0, 0.1) is 13.8 Å². The maximum Gasteiger partial charge on any atom is 0.342 e. The summed E-state index contributed by atoms with van der Waals surface area (Å²) in [6, 6.07) is 0. The highest BCUT2D eigenvalue weighted by atomic mass is 32.2. The predicted molar refractivity (Wildman–Crippen MR) is 72.4 cm³/mol. The van der Waals surface area contributed by atoms with E-state index in [1.165, 1.54) is 20.8 Å². The van der Waals surface area contributed by atoms with Crippen LogP contribution in [0.15, 0.2) is 9.31 Å². The van der Waals surface area contributed by atoms with Gasteiger partial charge in [0.15, 0.2) is 0 Å². The molecule has 8 nitrogen and oxygen atoms in total. The number of hydrogen-bond acceptors (Lipinski definition) is 7. The molecule has 0 atom stereocenters. The van der Waals surface area contributed by atoms with E-state index in [2.05, 4.69) is 9.46 Å². The van der Waals surface area contributed by atoms with Gasteiger partial charge in [0.25, 0.3) is 0 Å². The van der Waals surface area contributed by atoms with Crippen LogP contribution >= 0.6 is 0 Å². The first-order valence-electron chi connectivity index (χ1n) is 6.06. The molecule has 120 valence electrons. The average Bonchev–Trinajstić information content (AvgIpc) is 2.72. The Balaban J connectivity index is 3.42.